The van der Waals surface area contributed by atoms with E-state index in [2.05, 4.69) is 31.3 Å². The van der Waals surface area contributed by atoms with E-state index in [1.165, 1.54) is 24.8 Å². The number of aliphatic hydroxyl groups excluding tert-OH is 1. The molecule has 0 radical (unpaired) electrons. The zero-order valence-corrected chi connectivity index (χ0v) is 10.4. The van der Waals surface area contributed by atoms with Crippen LogP contribution in [0.4, 0.5) is 0 Å². The zero-order chi connectivity index (χ0) is 11.8. The summed E-state index contributed by atoms with van der Waals surface area (Å²) in [5.74, 6) is 0. The third kappa shape index (κ3) is 4.33. The van der Waals surface area contributed by atoms with Gasteiger partial charge in [0.25, 0.3) is 0 Å². The molecule has 2 heteroatoms. The summed E-state index contributed by atoms with van der Waals surface area (Å²) in [7, 11) is 0. The van der Waals surface area contributed by atoms with Gasteiger partial charge in [-0.3, -0.25) is 0 Å². The highest BCUT2D eigenvalue weighted by molar-refractivity contribution is 5.25. The van der Waals surface area contributed by atoms with E-state index in [-0.39, 0.29) is 6.61 Å². The Morgan fingerprint density at radius 1 is 1.31 bits per heavy atom. The second-order valence-electron chi connectivity index (χ2n) is 4.29. The van der Waals surface area contributed by atoms with Crippen molar-refractivity contribution < 1.29 is 5.11 Å². The molecule has 0 aliphatic heterocycles. The second-order valence-corrected chi connectivity index (χ2v) is 4.29. The molecule has 1 unspecified atom stereocenters. The quantitative estimate of drug-likeness (QED) is 0.694. The molecular weight excluding hydrogens is 198 g/mol. The molecule has 0 aliphatic carbocycles. The van der Waals surface area contributed by atoms with Crippen molar-refractivity contribution >= 4 is 0 Å². The van der Waals surface area contributed by atoms with Crippen LogP contribution in [0.25, 0.3) is 0 Å². The van der Waals surface area contributed by atoms with Gasteiger partial charge in [-0.05, 0) is 31.0 Å². The molecule has 1 rings (SSSR count). The van der Waals surface area contributed by atoms with Gasteiger partial charge in [0.1, 0.15) is 0 Å². The normalized spacial score (nSPS) is 12.7. The molecule has 1 atom stereocenters. The molecule has 0 saturated carbocycles. The van der Waals surface area contributed by atoms with Gasteiger partial charge in [-0.25, -0.2) is 0 Å². The van der Waals surface area contributed by atoms with E-state index in [0.29, 0.717) is 6.04 Å². The van der Waals surface area contributed by atoms with Gasteiger partial charge in [0.15, 0.2) is 0 Å². The van der Waals surface area contributed by atoms with Gasteiger partial charge in [-0.1, -0.05) is 44.0 Å². The third-order valence-corrected chi connectivity index (χ3v) is 2.86. The summed E-state index contributed by atoms with van der Waals surface area (Å²) < 4.78 is 0. The SMILES string of the molecule is CCCCCNC(C)c1cccc(CO)c1. The van der Waals surface area contributed by atoms with Crippen LogP contribution in [0.5, 0.6) is 0 Å². The predicted molar refractivity (Wildman–Crippen MR) is 68.3 cm³/mol. The summed E-state index contributed by atoms with van der Waals surface area (Å²) in [5.41, 5.74) is 2.24. The van der Waals surface area contributed by atoms with Gasteiger partial charge in [0, 0.05) is 6.04 Å². The lowest BCUT2D eigenvalue weighted by Crippen LogP contribution is -2.19. The Bertz CT molecular complexity index is 299. The molecule has 0 bridgehead atoms. The molecule has 0 heterocycles. The van der Waals surface area contributed by atoms with Crippen molar-refractivity contribution in [1.29, 1.82) is 0 Å². The molecule has 0 aromatic heterocycles. The first-order valence-electron chi connectivity index (χ1n) is 6.21. The van der Waals surface area contributed by atoms with E-state index in [0.717, 1.165) is 12.1 Å². The minimum Gasteiger partial charge on any atom is -0.392 e. The summed E-state index contributed by atoms with van der Waals surface area (Å²) >= 11 is 0. The number of rotatable bonds is 7. The highest BCUT2D eigenvalue weighted by Crippen LogP contribution is 2.14. The number of aliphatic hydroxyl groups is 1. The standard InChI is InChI=1S/C14H23NO/c1-3-4-5-9-15-12(2)14-8-6-7-13(10-14)11-16/h6-8,10,12,15-16H,3-5,9,11H2,1-2H3. The average molecular weight is 221 g/mol. The van der Waals surface area contributed by atoms with Crippen molar-refractivity contribution in [2.45, 2.75) is 45.8 Å². The van der Waals surface area contributed by atoms with Crippen molar-refractivity contribution in [2.75, 3.05) is 6.54 Å². The summed E-state index contributed by atoms with van der Waals surface area (Å²) in [6, 6.07) is 8.50. The minimum atomic E-state index is 0.121. The molecule has 0 aliphatic rings. The molecule has 0 amide bonds. The fourth-order valence-electron chi connectivity index (χ4n) is 1.77. The van der Waals surface area contributed by atoms with Crippen LogP contribution in [0.15, 0.2) is 24.3 Å². The molecule has 2 nitrogen and oxygen atoms in total. The second kappa shape index (κ2) is 7.42. The Balaban J connectivity index is 2.42. The average Bonchev–Trinajstić information content (AvgIpc) is 2.34. The minimum absolute atomic E-state index is 0.121. The molecule has 0 fully saturated rings. The van der Waals surface area contributed by atoms with Crippen LogP contribution >= 0.6 is 0 Å². The smallest absolute Gasteiger partial charge is 0.0681 e. The van der Waals surface area contributed by atoms with Crippen LogP contribution in [-0.2, 0) is 6.61 Å². The molecule has 0 spiro atoms. The summed E-state index contributed by atoms with van der Waals surface area (Å²) in [5, 5.41) is 12.6. The molecule has 0 saturated heterocycles. The Kier molecular flexibility index (Phi) is 6.12. The first-order chi connectivity index (χ1) is 7.77. The predicted octanol–water partition coefficient (Wildman–Crippen LogP) is 3.02. The van der Waals surface area contributed by atoms with Gasteiger partial charge in [0.05, 0.1) is 6.61 Å². The van der Waals surface area contributed by atoms with Gasteiger partial charge < -0.3 is 10.4 Å². The van der Waals surface area contributed by atoms with E-state index < -0.39 is 0 Å². The maximum Gasteiger partial charge on any atom is 0.0681 e. The van der Waals surface area contributed by atoms with Crippen molar-refractivity contribution in [2.24, 2.45) is 0 Å². The van der Waals surface area contributed by atoms with E-state index in [1.807, 2.05) is 12.1 Å². The van der Waals surface area contributed by atoms with Gasteiger partial charge in [0.2, 0.25) is 0 Å². The number of hydrogen-bond donors (Lipinski definition) is 2. The fraction of sp³-hybridized carbons (Fsp3) is 0.571. The van der Waals surface area contributed by atoms with Crippen LogP contribution in [-0.4, -0.2) is 11.7 Å². The highest BCUT2D eigenvalue weighted by atomic mass is 16.3. The van der Waals surface area contributed by atoms with Gasteiger partial charge >= 0.3 is 0 Å². The van der Waals surface area contributed by atoms with E-state index in [4.69, 9.17) is 5.11 Å². The Morgan fingerprint density at radius 3 is 2.81 bits per heavy atom. The van der Waals surface area contributed by atoms with E-state index in [1.54, 1.807) is 0 Å². The zero-order valence-electron chi connectivity index (χ0n) is 10.4. The monoisotopic (exact) mass is 221 g/mol. The van der Waals surface area contributed by atoms with Crippen LogP contribution in [0.3, 0.4) is 0 Å². The molecule has 16 heavy (non-hydrogen) atoms. The Hall–Kier alpha value is -0.860. The van der Waals surface area contributed by atoms with E-state index >= 15 is 0 Å². The maximum atomic E-state index is 9.07. The number of hydrogen-bond acceptors (Lipinski definition) is 2. The summed E-state index contributed by atoms with van der Waals surface area (Å²) in [6.45, 7) is 5.57. The lowest BCUT2D eigenvalue weighted by Gasteiger charge is -2.14. The lowest BCUT2D eigenvalue weighted by atomic mass is 10.1. The van der Waals surface area contributed by atoms with Crippen molar-refractivity contribution in [3.63, 3.8) is 0 Å². The van der Waals surface area contributed by atoms with Crippen molar-refractivity contribution in [3.05, 3.63) is 35.4 Å². The molecule has 1 aromatic carbocycles. The van der Waals surface area contributed by atoms with Crippen LogP contribution in [0.1, 0.15) is 50.3 Å². The fourth-order valence-corrected chi connectivity index (χ4v) is 1.77. The molecular formula is C14H23NO. The Labute approximate surface area is 98.7 Å². The lowest BCUT2D eigenvalue weighted by molar-refractivity contribution is 0.281. The number of nitrogens with one attached hydrogen (secondary N) is 1. The number of benzene rings is 1. The maximum absolute atomic E-state index is 9.07. The van der Waals surface area contributed by atoms with Gasteiger partial charge in [-0.2, -0.15) is 0 Å². The van der Waals surface area contributed by atoms with Crippen LogP contribution in [0.2, 0.25) is 0 Å². The topological polar surface area (TPSA) is 32.3 Å². The Morgan fingerprint density at radius 2 is 2.12 bits per heavy atom. The summed E-state index contributed by atoms with van der Waals surface area (Å²) in [6.07, 6.45) is 3.78. The summed E-state index contributed by atoms with van der Waals surface area (Å²) in [4.78, 5) is 0. The highest BCUT2D eigenvalue weighted by Gasteiger charge is 2.04. The molecule has 2 N–H and O–H groups in total. The largest absolute Gasteiger partial charge is 0.392 e. The van der Waals surface area contributed by atoms with Crippen molar-refractivity contribution in [1.82, 2.24) is 5.32 Å². The van der Waals surface area contributed by atoms with Crippen molar-refractivity contribution in [3.8, 4) is 0 Å². The first kappa shape index (κ1) is 13.2. The molecule has 90 valence electrons. The molecule has 1 aromatic rings. The van der Waals surface area contributed by atoms with E-state index in [9.17, 15) is 0 Å². The first-order valence-corrected chi connectivity index (χ1v) is 6.21. The van der Waals surface area contributed by atoms with Crippen LogP contribution < -0.4 is 5.32 Å². The number of unbranched alkanes of at least 4 members (excludes halogenated alkanes) is 2. The van der Waals surface area contributed by atoms with Crippen LogP contribution in [0, 0.1) is 0 Å². The van der Waals surface area contributed by atoms with Gasteiger partial charge in [-0.15, -0.1) is 0 Å². The third-order valence-electron chi connectivity index (χ3n) is 2.86.